The van der Waals surface area contributed by atoms with Gasteiger partial charge < -0.3 is 9.80 Å². The zero-order valence-corrected chi connectivity index (χ0v) is 27.8. The molecule has 0 fully saturated rings. The maximum absolute atomic E-state index is 3.95. The van der Waals surface area contributed by atoms with Crippen molar-refractivity contribution in [3.05, 3.63) is 206 Å². The quantitative estimate of drug-likeness (QED) is 0.155. The Morgan fingerprint density at radius 3 is 1.00 bits per heavy atom. The van der Waals surface area contributed by atoms with Crippen LogP contribution in [0.25, 0.3) is 44.8 Å². The molecule has 0 aliphatic rings. The third kappa shape index (κ3) is 5.85. The number of fused-ring (bicyclic) bond motifs is 2. The molecule has 238 valence electrons. The van der Waals surface area contributed by atoms with E-state index < -0.39 is 0 Å². The average Bonchev–Trinajstić information content (AvgIpc) is 3.19. The third-order valence-corrected chi connectivity index (χ3v) is 9.37. The van der Waals surface area contributed by atoms with Crippen molar-refractivity contribution < 1.29 is 0 Å². The van der Waals surface area contributed by atoms with E-state index in [-0.39, 0.29) is 0 Å². The Balaban J connectivity index is 1.16. The van der Waals surface area contributed by atoms with Gasteiger partial charge in [-0.25, -0.2) is 0 Å². The molecule has 0 amide bonds. The lowest BCUT2D eigenvalue weighted by atomic mass is 10.0. The highest BCUT2D eigenvalue weighted by molar-refractivity contribution is 6.00. The van der Waals surface area contributed by atoms with Crippen LogP contribution in [0.5, 0.6) is 0 Å². The minimum atomic E-state index is 1.10. The minimum absolute atomic E-state index is 1.10. The summed E-state index contributed by atoms with van der Waals surface area (Å²) in [6, 6.07) is 65.0. The molecule has 0 N–H and O–H groups in total. The number of rotatable bonds is 9. The first-order chi connectivity index (χ1) is 24.7. The molecule has 50 heavy (non-hydrogen) atoms. The lowest BCUT2D eigenvalue weighted by Crippen LogP contribution is -2.10. The van der Waals surface area contributed by atoms with Crippen LogP contribution in [0.4, 0.5) is 34.1 Å². The van der Waals surface area contributed by atoms with Gasteiger partial charge in [-0.1, -0.05) is 147 Å². The number of hydrogen-bond donors (Lipinski definition) is 0. The molecule has 0 unspecified atom stereocenters. The molecule has 0 aromatic heterocycles. The van der Waals surface area contributed by atoms with Crippen molar-refractivity contribution in [3.8, 4) is 11.1 Å². The fourth-order valence-electron chi connectivity index (χ4n) is 6.79. The maximum atomic E-state index is 3.95. The van der Waals surface area contributed by atoms with E-state index in [4.69, 9.17) is 0 Å². The van der Waals surface area contributed by atoms with Crippen LogP contribution >= 0.6 is 0 Å². The largest absolute Gasteiger partial charge is 0.310 e. The lowest BCUT2D eigenvalue weighted by molar-refractivity contribution is 1.29. The first-order valence-corrected chi connectivity index (χ1v) is 16.9. The van der Waals surface area contributed by atoms with Gasteiger partial charge in [-0.15, -0.1) is 0 Å². The molecule has 0 heterocycles. The molecule has 8 rings (SSSR count). The number of benzene rings is 8. The van der Waals surface area contributed by atoms with Gasteiger partial charge >= 0.3 is 0 Å². The van der Waals surface area contributed by atoms with Crippen molar-refractivity contribution in [2.45, 2.75) is 0 Å². The fraction of sp³-hybridized carbons (Fsp3) is 0. The molecular weight excluding hydrogens is 605 g/mol. The summed E-state index contributed by atoms with van der Waals surface area (Å²) in [6.07, 6.45) is 3.76. The minimum Gasteiger partial charge on any atom is -0.310 e. The van der Waals surface area contributed by atoms with Gasteiger partial charge in [0.05, 0.1) is 11.4 Å². The summed E-state index contributed by atoms with van der Waals surface area (Å²) in [7, 11) is 0. The SMILES string of the molecule is C=Cc1ccc(N(c2ccc(-c3ccc(N(c4ccc(C=C)cc4)c4cccc5ccccc45)cc3)cc2)c2cccc3ccccc23)cc1. The van der Waals surface area contributed by atoms with E-state index in [1.165, 1.54) is 21.5 Å². The van der Waals surface area contributed by atoms with E-state index in [1.807, 2.05) is 12.2 Å². The van der Waals surface area contributed by atoms with Gasteiger partial charge in [0.1, 0.15) is 0 Å². The molecule has 0 spiro atoms. The van der Waals surface area contributed by atoms with Crippen LogP contribution < -0.4 is 9.80 Å². The molecule has 2 nitrogen and oxygen atoms in total. The summed E-state index contributed by atoms with van der Waals surface area (Å²) < 4.78 is 0. The Morgan fingerprint density at radius 1 is 0.320 bits per heavy atom. The monoisotopic (exact) mass is 640 g/mol. The van der Waals surface area contributed by atoms with Crippen molar-refractivity contribution in [2.75, 3.05) is 9.80 Å². The van der Waals surface area contributed by atoms with Gasteiger partial charge in [-0.05, 0) is 93.7 Å². The number of nitrogens with zero attached hydrogens (tertiary/aromatic N) is 2. The van der Waals surface area contributed by atoms with Gasteiger partial charge in [-0.3, -0.25) is 0 Å². The third-order valence-electron chi connectivity index (χ3n) is 9.37. The highest BCUT2D eigenvalue weighted by Gasteiger charge is 2.17. The first-order valence-electron chi connectivity index (χ1n) is 16.9. The highest BCUT2D eigenvalue weighted by Crippen LogP contribution is 2.41. The Morgan fingerprint density at radius 2 is 0.640 bits per heavy atom. The van der Waals surface area contributed by atoms with E-state index in [9.17, 15) is 0 Å². The van der Waals surface area contributed by atoms with E-state index in [0.717, 1.165) is 56.4 Å². The normalized spacial score (nSPS) is 11.0. The van der Waals surface area contributed by atoms with Crippen molar-refractivity contribution in [1.82, 2.24) is 0 Å². The van der Waals surface area contributed by atoms with Gasteiger partial charge in [0.15, 0.2) is 0 Å². The summed E-state index contributed by atoms with van der Waals surface area (Å²) in [6.45, 7) is 7.89. The molecule has 2 heteroatoms. The maximum Gasteiger partial charge on any atom is 0.0540 e. The average molecular weight is 641 g/mol. The van der Waals surface area contributed by atoms with Crippen molar-refractivity contribution in [1.29, 1.82) is 0 Å². The summed E-state index contributed by atoms with van der Waals surface area (Å²) in [5.41, 5.74) is 11.2. The molecular formula is C48H36N2. The predicted octanol–water partition coefficient (Wildman–Crippen LogP) is 13.9. The van der Waals surface area contributed by atoms with Crippen LogP contribution in [0.15, 0.2) is 195 Å². The number of anilines is 6. The van der Waals surface area contributed by atoms with E-state index in [2.05, 4.69) is 205 Å². The van der Waals surface area contributed by atoms with Gasteiger partial charge in [0, 0.05) is 33.5 Å². The number of hydrogen-bond acceptors (Lipinski definition) is 2. The molecule has 8 aromatic carbocycles. The topological polar surface area (TPSA) is 6.48 Å². The van der Waals surface area contributed by atoms with Crippen LogP contribution in [0, 0.1) is 0 Å². The Labute approximate surface area is 294 Å². The molecule has 0 atom stereocenters. The van der Waals surface area contributed by atoms with Crippen LogP contribution in [-0.2, 0) is 0 Å². The second kappa shape index (κ2) is 13.5. The smallest absolute Gasteiger partial charge is 0.0540 e. The molecule has 0 aliphatic carbocycles. The Bertz CT molecular complexity index is 2250. The van der Waals surface area contributed by atoms with Crippen molar-refractivity contribution in [3.63, 3.8) is 0 Å². The zero-order valence-electron chi connectivity index (χ0n) is 27.8. The van der Waals surface area contributed by atoms with Crippen LogP contribution in [0.3, 0.4) is 0 Å². The molecule has 0 radical (unpaired) electrons. The summed E-state index contributed by atoms with van der Waals surface area (Å²) in [5, 5.41) is 4.84. The standard InChI is InChI=1S/C48H36N2/c1-3-35-19-27-41(28-20-35)49(47-17-9-13-39-11-5-7-15-45(39)47)43-31-23-37(24-32-43)38-25-33-44(34-26-38)50(42-29-21-36(4-2)22-30-42)48-18-10-14-40-12-6-8-16-46(40)48/h3-34H,1-2H2. The zero-order chi connectivity index (χ0) is 33.9. The van der Waals surface area contributed by atoms with Gasteiger partial charge in [0.25, 0.3) is 0 Å². The second-order valence-corrected chi connectivity index (χ2v) is 12.4. The summed E-state index contributed by atoms with van der Waals surface area (Å²) in [4.78, 5) is 4.67. The van der Waals surface area contributed by atoms with E-state index >= 15 is 0 Å². The van der Waals surface area contributed by atoms with Crippen molar-refractivity contribution in [2.24, 2.45) is 0 Å². The molecule has 0 saturated heterocycles. The van der Waals surface area contributed by atoms with Gasteiger partial charge in [0.2, 0.25) is 0 Å². The van der Waals surface area contributed by atoms with E-state index in [0.29, 0.717) is 0 Å². The lowest BCUT2D eigenvalue weighted by Gasteiger charge is -2.27. The van der Waals surface area contributed by atoms with Crippen LogP contribution in [0.1, 0.15) is 11.1 Å². The highest BCUT2D eigenvalue weighted by atomic mass is 15.1. The van der Waals surface area contributed by atoms with Gasteiger partial charge in [-0.2, -0.15) is 0 Å². The van der Waals surface area contributed by atoms with E-state index in [1.54, 1.807) is 0 Å². The fourth-order valence-corrected chi connectivity index (χ4v) is 6.79. The molecule has 0 bridgehead atoms. The first kappa shape index (κ1) is 30.7. The predicted molar refractivity (Wildman–Crippen MR) is 216 cm³/mol. The Kier molecular flexibility index (Phi) is 8.26. The van der Waals surface area contributed by atoms with Crippen LogP contribution in [-0.4, -0.2) is 0 Å². The molecule has 8 aromatic rings. The molecule has 0 aliphatic heterocycles. The summed E-state index contributed by atoms with van der Waals surface area (Å²) in [5.74, 6) is 0. The second-order valence-electron chi connectivity index (χ2n) is 12.4. The Hall–Kier alpha value is -6.64. The van der Waals surface area contributed by atoms with Crippen LogP contribution in [0.2, 0.25) is 0 Å². The molecule has 0 saturated carbocycles. The summed E-state index contributed by atoms with van der Waals surface area (Å²) >= 11 is 0. The van der Waals surface area contributed by atoms with Crippen molar-refractivity contribution >= 4 is 67.8 Å².